The van der Waals surface area contributed by atoms with Gasteiger partial charge in [-0.15, -0.1) is 11.3 Å². The summed E-state index contributed by atoms with van der Waals surface area (Å²) in [5, 5.41) is 24.2. The maximum atomic E-state index is 11.9. The molecule has 1 unspecified atom stereocenters. The molecule has 1 aromatic rings. The molecule has 0 fully saturated rings. The van der Waals surface area contributed by atoms with Crippen LogP contribution in [-0.4, -0.2) is 33.9 Å². The van der Waals surface area contributed by atoms with Crippen molar-refractivity contribution in [3.63, 3.8) is 0 Å². The Morgan fingerprint density at radius 1 is 1.30 bits per heavy atom. The van der Waals surface area contributed by atoms with Gasteiger partial charge in [0, 0.05) is 4.88 Å². The van der Waals surface area contributed by atoms with Crippen LogP contribution in [0.1, 0.15) is 41.6 Å². The number of hydrogen-bond donors (Lipinski definition) is 4. The summed E-state index contributed by atoms with van der Waals surface area (Å²) in [5.41, 5.74) is -0.0560. The molecule has 20 heavy (non-hydrogen) atoms. The SMILES string of the molecule is Cc1sc(NC(=O)NC(C)(C)C(C)O)c(C(=O)O)c1C. The summed E-state index contributed by atoms with van der Waals surface area (Å²) in [4.78, 5) is 24.0. The van der Waals surface area contributed by atoms with E-state index in [9.17, 15) is 19.8 Å². The molecular weight excluding hydrogens is 280 g/mol. The number of aromatic carboxylic acids is 1. The van der Waals surface area contributed by atoms with Crippen molar-refractivity contribution in [2.75, 3.05) is 5.32 Å². The number of amides is 2. The summed E-state index contributed by atoms with van der Waals surface area (Å²) in [7, 11) is 0. The Hall–Kier alpha value is -1.60. The van der Waals surface area contributed by atoms with Crippen LogP contribution in [0, 0.1) is 13.8 Å². The monoisotopic (exact) mass is 300 g/mol. The van der Waals surface area contributed by atoms with Gasteiger partial charge in [-0.1, -0.05) is 0 Å². The molecule has 0 saturated carbocycles. The number of nitrogens with one attached hydrogen (secondary N) is 2. The van der Waals surface area contributed by atoms with E-state index in [4.69, 9.17) is 0 Å². The number of carbonyl (C=O) groups excluding carboxylic acids is 1. The summed E-state index contributed by atoms with van der Waals surface area (Å²) >= 11 is 1.22. The number of aryl methyl sites for hydroxylation is 1. The Labute approximate surface area is 121 Å². The highest BCUT2D eigenvalue weighted by Gasteiger charge is 2.27. The van der Waals surface area contributed by atoms with E-state index in [0.717, 1.165) is 4.88 Å². The second kappa shape index (κ2) is 5.80. The van der Waals surface area contributed by atoms with E-state index < -0.39 is 23.6 Å². The smallest absolute Gasteiger partial charge is 0.338 e. The number of carboxylic acid groups (broad SMARTS) is 1. The molecule has 1 atom stereocenters. The topological polar surface area (TPSA) is 98.7 Å². The van der Waals surface area contributed by atoms with Gasteiger partial charge in [-0.3, -0.25) is 5.32 Å². The number of anilines is 1. The molecular formula is C13H20N2O4S. The van der Waals surface area contributed by atoms with Crippen LogP contribution >= 0.6 is 11.3 Å². The first-order valence-corrected chi connectivity index (χ1v) is 6.98. The molecule has 0 spiro atoms. The van der Waals surface area contributed by atoms with E-state index in [1.165, 1.54) is 11.3 Å². The van der Waals surface area contributed by atoms with Crippen LogP contribution in [0.3, 0.4) is 0 Å². The molecule has 0 aromatic carbocycles. The van der Waals surface area contributed by atoms with Crippen molar-refractivity contribution in [1.29, 1.82) is 0 Å². The molecule has 1 rings (SSSR count). The summed E-state index contributed by atoms with van der Waals surface area (Å²) < 4.78 is 0. The Bertz CT molecular complexity index is 535. The lowest BCUT2D eigenvalue weighted by atomic mass is 9.99. The highest BCUT2D eigenvalue weighted by molar-refractivity contribution is 7.16. The Morgan fingerprint density at radius 3 is 2.30 bits per heavy atom. The minimum atomic E-state index is -1.07. The standard InChI is InChI=1S/C13H20N2O4S/c1-6-7(2)20-10(9(6)11(17)18)14-12(19)15-13(4,5)8(3)16/h8,16H,1-5H3,(H,17,18)(H2,14,15,19). The first kappa shape index (κ1) is 16.5. The van der Waals surface area contributed by atoms with Gasteiger partial charge < -0.3 is 15.5 Å². The average molecular weight is 300 g/mol. The van der Waals surface area contributed by atoms with E-state index in [1.54, 1.807) is 34.6 Å². The normalized spacial score (nSPS) is 12.9. The van der Waals surface area contributed by atoms with Gasteiger partial charge in [-0.25, -0.2) is 9.59 Å². The zero-order valence-corrected chi connectivity index (χ0v) is 13.0. The van der Waals surface area contributed by atoms with Crippen LogP contribution in [0.5, 0.6) is 0 Å². The van der Waals surface area contributed by atoms with Crippen LogP contribution in [-0.2, 0) is 0 Å². The fraction of sp³-hybridized carbons (Fsp3) is 0.538. The summed E-state index contributed by atoms with van der Waals surface area (Å²) in [5.74, 6) is -1.07. The number of urea groups is 1. The molecule has 0 saturated heterocycles. The summed E-state index contributed by atoms with van der Waals surface area (Å²) in [6.45, 7) is 8.44. The van der Waals surface area contributed by atoms with Crippen LogP contribution in [0.2, 0.25) is 0 Å². The predicted molar refractivity (Wildman–Crippen MR) is 78.7 cm³/mol. The molecule has 7 heteroatoms. The molecule has 6 nitrogen and oxygen atoms in total. The van der Waals surface area contributed by atoms with Gasteiger partial charge in [-0.05, 0) is 40.2 Å². The third-order valence-corrected chi connectivity index (χ3v) is 4.43. The van der Waals surface area contributed by atoms with Crippen molar-refractivity contribution in [3.05, 3.63) is 16.0 Å². The number of thiophene rings is 1. The van der Waals surface area contributed by atoms with Crippen molar-refractivity contribution in [3.8, 4) is 0 Å². The average Bonchev–Trinajstić information content (AvgIpc) is 2.52. The molecule has 112 valence electrons. The van der Waals surface area contributed by atoms with E-state index >= 15 is 0 Å². The van der Waals surface area contributed by atoms with Crippen molar-refractivity contribution in [2.45, 2.75) is 46.3 Å². The largest absolute Gasteiger partial charge is 0.478 e. The van der Waals surface area contributed by atoms with Gasteiger partial charge >= 0.3 is 12.0 Å². The van der Waals surface area contributed by atoms with Gasteiger partial charge in [0.15, 0.2) is 0 Å². The van der Waals surface area contributed by atoms with Crippen LogP contribution < -0.4 is 10.6 Å². The zero-order valence-electron chi connectivity index (χ0n) is 12.2. The van der Waals surface area contributed by atoms with Crippen molar-refractivity contribution in [1.82, 2.24) is 5.32 Å². The van der Waals surface area contributed by atoms with Crippen LogP contribution in [0.4, 0.5) is 9.80 Å². The number of carbonyl (C=O) groups is 2. The van der Waals surface area contributed by atoms with E-state index in [1.807, 2.05) is 0 Å². The quantitative estimate of drug-likeness (QED) is 0.686. The number of aliphatic hydroxyl groups is 1. The minimum Gasteiger partial charge on any atom is -0.478 e. The highest BCUT2D eigenvalue weighted by Crippen LogP contribution is 2.32. The van der Waals surface area contributed by atoms with Crippen LogP contribution in [0.15, 0.2) is 0 Å². The molecule has 0 radical (unpaired) electrons. The number of aliphatic hydroxyl groups excluding tert-OH is 1. The van der Waals surface area contributed by atoms with E-state index in [-0.39, 0.29) is 5.56 Å². The maximum Gasteiger partial charge on any atom is 0.338 e. The fourth-order valence-corrected chi connectivity index (χ4v) is 2.55. The Kier molecular flexibility index (Phi) is 4.77. The molecule has 1 aromatic heterocycles. The third-order valence-electron chi connectivity index (χ3n) is 3.31. The zero-order chi connectivity index (χ0) is 15.7. The van der Waals surface area contributed by atoms with Crippen LogP contribution in [0.25, 0.3) is 0 Å². The van der Waals surface area contributed by atoms with Gasteiger partial charge in [0.05, 0.1) is 17.2 Å². The van der Waals surface area contributed by atoms with Gasteiger partial charge in [0.1, 0.15) is 5.00 Å². The summed E-state index contributed by atoms with van der Waals surface area (Å²) in [6.07, 6.45) is -0.737. The lowest BCUT2D eigenvalue weighted by Crippen LogP contribution is -2.52. The highest BCUT2D eigenvalue weighted by atomic mass is 32.1. The molecule has 0 bridgehead atoms. The first-order chi connectivity index (χ1) is 9.06. The van der Waals surface area contributed by atoms with Gasteiger partial charge in [0.2, 0.25) is 0 Å². The number of hydrogen-bond acceptors (Lipinski definition) is 4. The molecule has 4 N–H and O–H groups in total. The second-order valence-corrected chi connectivity index (χ2v) is 6.49. The molecule has 2 amide bonds. The Balaban J connectivity index is 2.92. The van der Waals surface area contributed by atoms with E-state index in [0.29, 0.717) is 10.6 Å². The second-order valence-electron chi connectivity index (χ2n) is 5.27. The first-order valence-electron chi connectivity index (χ1n) is 6.16. The van der Waals surface area contributed by atoms with E-state index in [2.05, 4.69) is 10.6 Å². The fourth-order valence-electron chi connectivity index (χ4n) is 1.50. The van der Waals surface area contributed by atoms with Gasteiger partial charge in [0.25, 0.3) is 0 Å². The van der Waals surface area contributed by atoms with Crippen molar-refractivity contribution < 1.29 is 19.8 Å². The third kappa shape index (κ3) is 3.49. The molecule has 0 aliphatic heterocycles. The minimum absolute atomic E-state index is 0.109. The molecule has 0 aliphatic carbocycles. The lowest BCUT2D eigenvalue weighted by molar-refractivity contribution is 0.0697. The van der Waals surface area contributed by atoms with Crippen molar-refractivity contribution in [2.24, 2.45) is 0 Å². The van der Waals surface area contributed by atoms with Crippen molar-refractivity contribution >= 4 is 28.3 Å². The lowest BCUT2D eigenvalue weighted by Gasteiger charge is -2.29. The predicted octanol–water partition coefficient (Wildman–Crippen LogP) is 2.34. The summed E-state index contributed by atoms with van der Waals surface area (Å²) in [6, 6.07) is -0.542. The maximum absolute atomic E-state index is 11.9. The molecule has 0 aliphatic rings. The number of carboxylic acids is 1. The molecule has 1 heterocycles. The van der Waals surface area contributed by atoms with Gasteiger partial charge in [-0.2, -0.15) is 0 Å². The Morgan fingerprint density at radius 2 is 1.85 bits per heavy atom. The number of rotatable bonds is 4.